The molecule has 0 saturated carbocycles. The first kappa shape index (κ1) is 21.4. The minimum Gasteiger partial charge on any atom is -0.343 e. The molecule has 2 aliphatic rings. The fourth-order valence-corrected chi connectivity index (χ4v) is 4.07. The summed E-state index contributed by atoms with van der Waals surface area (Å²) in [5.41, 5.74) is 0.618. The van der Waals surface area contributed by atoms with Gasteiger partial charge in [0.05, 0.1) is 12.1 Å². The van der Waals surface area contributed by atoms with E-state index in [2.05, 4.69) is 26.9 Å². The molecule has 2 fully saturated rings. The number of piperidine rings is 1. The summed E-state index contributed by atoms with van der Waals surface area (Å²) < 4.78 is 5.35. The molecule has 0 N–H and O–H groups in total. The Kier molecular flexibility index (Phi) is 6.91. The van der Waals surface area contributed by atoms with Gasteiger partial charge in [0.25, 0.3) is 5.91 Å². The van der Waals surface area contributed by atoms with E-state index in [0.717, 1.165) is 39.0 Å². The van der Waals surface area contributed by atoms with Crippen molar-refractivity contribution >= 4 is 11.8 Å². The van der Waals surface area contributed by atoms with Crippen molar-refractivity contribution in [2.24, 2.45) is 5.92 Å². The Morgan fingerprint density at radius 2 is 1.87 bits per heavy atom. The normalized spacial score (nSPS) is 18.4. The fourth-order valence-electron chi connectivity index (χ4n) is 4.07. The molecule has 4 heterocycles. The van der Waals surface area contributed by atoms with Crippen LogP contribution < -0.4 is 0 Å². The number of hydrogen-bond donors (Lipinski definition) is 0. The second-order valence-corrected chi connectivity index (χ2v) is 8.48. The van der Waals surface area contributed by atoms with E-state index in [1.54, 1.807) is 24.5 Å². The van der Waals surface area contributed by atoms with Crippen molar-refractivity contribution in [2.45, 2.75) is 39.2 Å². The van der Waals surface area contributed by atoms with Crippen LogP contribution in [0.2, 0.25) is 0 Å². The van der Waals surface area contributed by atoms with Gasteiger partial charge >= 0.3 is 0 Å². The fraction of sp³-hybridized carbons (Fsp3) is 0.591. The van der Waals surface area contributed by atoms with Gasteiger partial charge in [-0.05, 0) is 30.9 Å². The van der Waals surface area contributed by atoms with Crippen molar-refractivity contribution in [3.05, 3.63) is 41.8 Å². The van der Waals surface area contributed by atoms with Crippen molar-refractivity contribution in [3.8, 4) is 0 Å². The lowest BCUT2D eigenvalue weighted by molar-refractivity contribution is -0.132. The van der Waals surface area contributed by atoms with Gasteiger partial charge in [-0.1, -0.05) is 12.1 Å². The second kappa shape index (κ2) is 10.00. The summed E-state index contributed by atoms with van der Waals surface area (Å²) in [5.74, 6) is 2.03. The van der Waals surface area contributed by atoms with Gasteiger partial charge in [-0.3, -0.25) is 19.5 Å². The van der Waals surface area contributed by atoms with Gasteiger partial charge in [0.1, 0.15) is 0 Å². The number of aryl methyl sites for hydroxylation is 1. The number of piperazine rings is 1. The van der Waals surface area contributed by atoms with Crippen molar-refractivity contribution in [1.82, 2.24) is 29.8 Å². The molecule has 0 bridgehead atoms. The van der Waals surface area contributed by atoms with E-state index in [-0.39, 0.29) is 11.8 Å². The quantitative estimate of drug-likeness (QED) is 0.692. The Bertz CT molecular complexity index is 870. The Morgan fingerprint density at radius 1 is 1.10 bits per heavy atom. The van der Waals surface area contributed by atoms with Gasteiger partial charge in [-0.15, -0.1) is 0 Å². The van der Waals surface area contributed by atoms with Crippen LogP contribution in [0.4, 0.5) is 0 Å². The Labute approximate surface area is 182 Å². The lowest BCUT2D eigenvalue weighted by Gasteiger charge is -2.34. The molecule has 9 nitrogen and oxygen atoms in total. The number of hydrogen-bond acceptors (Lipinski definition) is 7. The minimum absolute atomic E-state index is 0.0161. The van der Waals surface area contributed by atoms with Crippen LogP contribution in [0, 0.1) is 5.92 Å². The molecule has 0 atom stereocenters. The van der Waals surface area contributed by atoms with Gasteiger partial charge in [0, 0.05) is 64.5 Å². The summed E-state index contributed by atoms with van der Waals surface area (Å²) >= 11 is 0. The predicted molar refractivity (Wildman–Crippen MR) is 113 cm³/mol. The number of carbonyl (C=O) groups excluding carboxylic acids is 2. The van der Waals surface area contributed by atoms with Crippen LogP contribution in [-0.2, 0) is 17.8 Å². The Hall–Kier alpha value is -2.81. The van der Waals surface area contributed by atoms with Crippen LogP contribution in [0.1, 0.15) is 48.3 Å². The van der Waals surface area contributed by atoms with Crippen molar-refractivity contribution in [2.75, 3.05) is 39.3 Å². The number of pyridine rings is 1. The Morgan fingerprint density at radius 3 is 2.58 bits per heavy atom. The molecule has 2 amide bonds. The number of rotatable bonds is 6. The third-order valence-electron chi connectivity index (χ3n) is 6.13. The molecule has 0 unspecified atom stereocenters. The first-order chi connectivity index (χ1) is 15.1. The third kappa shape index (κ3) is 5.66. The summed E-state index contributed by atoms with van der Waals surface area (Å²) in [6, 6.07) is 3.57. The maximum Gasteiger partial charge on any atom is 0.255 e. The number of likely N-dealkylation sites (tertiary alicyclic amines) is 1. The SMILES string of the molecule is CC1CCN(C(=O)CCc2nc(CN3CCN(C(=O)c4cccnc4)CC3)no2)CC1. The van der Waals surface area contributed by atoms with Gasteiger partial charge < -0.3 is 14.3 Å². The van der Waals surface area contributed by atoms with E-state index < -0.39 is 0 Å². The molecule has 2 saturated heterocycles. The van der Waals surface area contributed by atoms with Crippen molar-refractivity contribution < 1.29 is 14.1 Å². The van der Waals surface area contributed by atoms with Crippen LogP contribution in [0.15, 0.2) is 29.0 Å². The average molecular weight is 427 g/mol. The molecule has 0 radical (unpaired) electrons. The highest BCUT2D eigenvalue weighted by molar-refractivity contribution is 5.93. The molecule has 9 heteroatoms. The largest absolute Gasteiger partial charge is 0.343 e. The molecular weight excluding hydrogens is 396 g/mol. The van der Waals surface area contributed by atoms with E-state index in [1.807, 2.05) is 9.80 Å². The predicted octanol–water partition coefficient (Wildman–Crippen LogP) is 1.61. The molecule has 2 aromatic rings. The number of nitrogens with zero attached hydrogens (tertiary/aromatic N) is 6. The maximum atomic E-state index is 12.5. The molecule has 2 aliphatic heterocycles. The number of carbonyl (C=O) groups is 2. The zero-order valence-electron chi connectivity index (χ0n) is 18.1. The topological polar surface area (TPSA) is 95.7 Å². The van der Waals surface area contributed by atoms with Crippen molar-refractivity contribution in [1.29, 1.82) is 0 Å². The van der Waals surface area contributed by atoms with Gasteiger partial charge in [0.2, 0.25) is 11.8 Å². The monoisotopic (exact) mass is 426 g/mol. The lowest BCUT2D eigenvalue weighted by Crippen LogP contribution is -2.48. The van der Waals surface area contributed by atoms with Gasteiger partial charge in [-0.2, -0.15) is 4.98 Å². The average Bonchev–Trinajstić information content (AvgIpc) is 3.26. The zero-order valence-corrected chi connectivity index (χ0v) is 18.1. The molecule has 31 heavy (non-hydrogen) atoms. The van der Waals surface area contributed by atoms with Gasteiger partial charge in [0.15, 0.2) is 5.82 Å². The van der Waals surface area contributed by atoms with E-state index in [0.29, 0.717) is 55.7 Å². The molecule has 0 aromatic carbocycles. The number of aromatic nitrogens is 3. The third-order valence-corrected chi connectivity index (χ3v) is 6.13. The van der Waals surface area contributed by atoms with E-state index in [9.17, 15) is 9.59 Å². The standard InChI is InChI=1S/C22H30N6O3/c1-17-6-9-27(10-7-17)21(29)5-4-20-24-19(25-31-20)16-26-11-13-28(14-12-26)22(30)18-3-2-8-23-15-18/h2-3,8,15,17H,4-7,9-14,16H2,1H3. The summed E-state index contributed by atoms with van der Waals surface area (Å²) in [4.78, 5) is 39.4. The van der Waals surface area contributed by atoms with Gasteiger partial charge in [-0.25, -0.2) is 0 Å². The van der Waals surface area contributed by atoms with Crippen LogP contribution in [0.25, 0.3) is 0 Å². The van der Waals surface area contributed by atoms with E-state index in [1.165, 1.54) is 0 Å². The first-order valence-electron chi connectivity index (χ1n) is 11.1. The number of amides is 2. The molecule has 0 spiro atoms. The zero-order chi connectivity index (χ0) is 21.6. The Balaban J connectivity index is 1.20. The minimum atomic E-state index is 0.0161. The van der Waals surface area contributed by atoms with E-state index >= 15 is 0 Å². The molecule has 0 aliphatic carbocycles. The summed E-state index contributed by atoms with van der Waals surface area (Å²) in [7, 11) is 0. The van der Waals surface area contributed by atoms with Crippen molar-refractivity contribution in [3.63, 3.8) is 0 Å². The molecule has 4 rings (SSSR count). The summed E-state index contributed by atoms with van der Waals surface area (Å²) in [5, 5.41) is 4.07. The lowest BCUT2D eigenvalue weighted by atomic mass is 9.99. The van der Waals surface area contributed by atoms with Crippen LogP contribution in [0.5, 0.6) is 0 Å². The summed E-state index contributed by atoms with van der Waals surface area (Å²) in [6.07, 6.45) is 6.31. The maximum absolute atomic E-state index is 12.5. The highest BCUT2D eigenvalue weighted by Gasteiger charge is 2.24. The molecule has 166 valence electrons. The highest BCUT2D eigenvalue weighted by Crippen LogP contribution is 2.17. The first-order valence-corrected chi connectivity index (χ1v) is 11.1. The smallest absolute Gasteiger partial charge is 0.255 e. The molecule has 2 aromatic heterocycles. The van der Waals surface area contributed by atoms with Crippen LogP contribution in [-0.4, -0.2) is 80.9 Å². The highest BCUT2D eigenvalue weighted by atomic mass is 16.5. The molecular formula is C22H30N6O3. The second-order valence-electron chi connectivity index (χ2n) is 8.48. The summed E-state index contributed by atoms with van der Waals surface area (Å²) in [6.45, 7) is 7.33. The van der Waals surface area contributed by atoms with Crippen LogP contribution in [0.3, 0.4) is 0 Å². The van der Waals surface area contributed by atoms with E-state index in [4.69, 9.17) is 4.52 Å². The van der Waals surface area contributed by atoms with Crippen LogP contribution >= 0.6 is 0 Å².